The largest absolute Gasteiger partial charge is 0.369 e. The van der Waals surface area contributed by atoms with Crippen molar-refractivity contribution >= 4 is 11.6 Å². The van der Waals surface area contributed by atoms with Gasteiger partial charge in [0.2, 0.25) is 0 Å². The molecule has 23 heavy (non-hydrogen) atoms. The first-order chi connectivity index (χ1) is 11.3. The Morgan fingerprint density at radius 2 is 1.65 bits per heavy atom. The normalized spacial score (nSPS) is 22.7. The average molecular weight is 337 g/mol. The van der Waals surface area contributed by atoms with Gasteiger partial charge in [0.25, 0.3) is 0 Å². The summed E-state index contributed by atoms with van der Waals surface area (Å²) in [6.45, 7) is 6.39. The number of nitrogens with zero attached hydrogens (tertiary/aromatic N) is 1. The molecule has 2 aliphatic rings. The maximum Gasteiger partial charge on any atom is 0.0956 e. The van der Waals surface area contributed by atoms with Gasteiger partial charge in [0, 0.05) is 11.6 Å². The topological polar surface area (TPSA) is 24.5 Å². The molecule has 0 aliphatic carbocycles. The Kier molecular flexibility index (Phi) is 6.35. The summed E-state index contributed by atoms with van der Waals surface area (Å²) in [7, 11) is 0. The minimum atomic E-state index is -0.137. The van der Waals surface area contributed by atoms with Crippen LogP contribution in [0.15, 0.2) is 24.3 Å². The van der Waals surface area contributed by atoms with Crippen molar-refractivity contribution in [1.82, 2.24) is 10.2 Å². The lowest BCUT2D eigenvalue weighted by atomic mass is 9.85. The van der Waals surface area contributed by atoms with Gasteiger partial charge in [0.1, 0.15) is 0 Å². The van der Waals surface area contributed by atoms with Crippen LogP contribution in [0.25, 0.3) is 0 Å². The molecule has 3 rings (SSSR count). The Balaban J connectivity index is 1.61. The van der Waals surface area contributed by atoms with E-state index in [1.807, 2.05) is 12.1 Å². The van der Waals surface area contributed by atoms with E-state index in [9.17, 15) is 0 Å². The van der Waals surface area contributed by atoms with Crippen LogP contribution in [0.3, 0.4) is 0 Å². The standard InChI is InChI=1S/C19H29ClN2O/c20-18-7-5-17(6-8-18)19(9-11-21-12-10-19)23-16-15-22-13-3-1-2-4-14-22/h5-8,21H,1-4,9-16H2. The molecule has 2 aliphatic heterocycles. The summed E-state index contributed by atoms with van der Waals surface area (Å²) in [4.78, 5) is 2.57. The number of hydrogen-bond acceptors (Lipinski definition) is 3. The SMILES string of the molecule is Clc1ccc(C2(OCCN3CCCCCC3)CCNCC2)cc1. The molecule has 1 aromatic rings. The second-order valence-electron chi connectivity index (χ2n) is 6.86. The number of nitrogens with one attached hydrogen (secondary N) is 1. The zero-order valence-corrected chi connectivity index (χ0v) is 14.8. The maximum atomic E-state index is 6.52. The second-order valence-corrected chi connectivity index (χ2v) is 7.29. The Morgan fingerprint density at radius 3 is 2.30 bits per heavy atom. The van der Waals surface area contributed by atoms with Crippen LogP contribution in [-0.2, 0) is 10.3 Å². The van der Waals surface area contributed by atoms with Gasteiger partial charge in [0.05, 0.1) is 12.2 Å². The van der Waals surface area contributed by atoms with E-state index < -0.39 is 0 Å². The number of benzene rings is 1. The van der Waals surface area contributed by atoms with E-state index in [-0.39, 0.29) is 5.60 Å². The molecular formula is C19H29ClN2O. The van der Waals surface area contributed by atoms with Gasteiger partial charge >= 0.3 is 0 Å². The van der Waals surface area contributed by atoms with Gasteiger partial charge in [0.15, 0.2) is 0 Å². The zero-order valence-electron chi connectivity index (χ0n) is 14.0. The minimum Gasteiger partial charge on any atom is -0.369 e. The highest BCUT2D eigenvalue weighted by molar-refractivity contribution is 6.30. The van der Waals surface area contributed by atoms with Crippen LogP contribution < -0.4 is 5.32 Å². The maximum absolute atomic E-state index is 6.52. The van der Waals surface area contributed by atoms with Gasteiger partial charge < -0.3 is 15.0 Å². The third-order valence-corrected chi connectivity index (χ3v) is 5.52. The van der Waals surface area contributed by atoms with Crippen molar-refractivity contribution in [3.05, 3.63) is 34.9 Å². The number of ether oxygens (including phenoxy) is 1. The quantitative estimate of drug-likeness (QED) is 0.884. The lowest BCUT2D eigenvalue weighted by molar-refractivity contribution is -0.0768. The van der Waals surface area contributed by atoms with Gasteiger partial charge in [-0.15, -0.1) is 0 Å². The van der Waals surface area contributed by atoms with Crippen molar-refractivity contribution in [2.75, 3.05) is 39.3 Å². The monoisotopic (exact) mass is 336 g/mol. The number of hydrogen-bond donors (Lipinski definition) is 1. The van der Waals surface area contributed by atoms with E-state index >= 15 is 0 Å². The third kappa shape index (κ3) is 4.69. The summed E-state index contributed by atoms with van der Waals surface area (Å²) < 4.78 is 6.52. The first kappa shape index (κ1) is 17.2. The molecule has 2 heterocycles. The summed E-state index contributed by atoms with van der Waals surface area (Å²) in [5, 5.41) is 4.25. The molecule has 0 amide bonds. The molecule has 1 N–H and O–H groups in total. The van der Waals surface area contributed by atoms with Crippen molar-refractivity contribution in [1.29, 1.82) is 0 Å². The highest BCUT2D eigenvalue weighted by Crippen LogP contribution is 2.35. The fourth-order valence-electron chi connectivity index (χ4n) is 3.83. The minimum absolute atomic E-state index is 0.137. The van der Waals surface area contributed by atoms with Crippen molar-refractivity contribution in [2.45, 2.75) is 44.1 Å². The number of likely N-dealkylation sites (tertiary alicyclic amines) is 1. The van der Waals surface area contributed by atoms with Crippen molar-refractivity contribution in [3.63, 3.8) is 0 Å². The van der Waals surface area contributed by atoms with Crippen LogP contribution in [0.1, 0.15) is 44.1 Å². The smallest absolute Gasteiger partial charge is 0.0956 e. The molecule has 0 aromatic heterocycles. The van der Waals surface area contributed by atoms with Crippen LogP contribution in [0.4, 0.5) is 0 Å². The van der Waals surface area contributed by atoms with Crippen LogP contribution >= 0.6 is 11.6 Å². The van der Waals surface area contributed by atoms with Crippen LogP contribution in [-0.4, -0.2) is 44.2 Å². The molecule has 0 unspecified atom stereocenters. The molecule has 0 saturated carbocycles. The first-order valence-corrected chi connectivity index (χ1v) is 9.49. The van der Waals surface area contributed by atoms with E-state index in [4.69, 9.17) is 16.3 Å². The van der Waals surface area contributed by atoms with Gasteiger partial charge in [-0.25, -0.2) is 0 Å². The summed E-state index contributed by atoms with van der Waals surface area (Å²) >= 11 is 6.06. The summed E-state index contributed by atoms with van der Waals surface area (Å²) in [6.07, 6.45) is 7.53. The second kappa shape index (κ2) is 8.48. The molecule has 1 aromatic carbocycles. The molecule has 0 bridgehead atoms. The fourth-order valence-corrected chi connectivity index (χ4v) is 3.96. The van der Waals surface area contributed by atoms with Crippen LogP contribution in [0.2, 0.25) is 5.02 Å². The first-order valence-electron chi connectivity index (χ1n) is 9.12. The zero-order chi connectivity index (χ0) is 16.0. The van der Waals surface area contributed by atoms with Gasteiger partial charge in [-0.3, -0.25) is 0 Å². The molecule has 0 radical (unpaired) electrons. The van der Waals surface area contributed by atoms with E-state index in [1.165, 1.54) is 44.3 Å². The van der Waals surface area contributed by atoms with Gasteiger partial charge in [-0.2, -0.15) is 0 Å². The molecule has 0 spiro atoms. The van der Waals surface area contributed by atoms with Gasteiger partial charge in [-0.05, 0) is 69.6 Å². The number of rotatable bonds is 5. The summed E-state index contributed by atoms with van der Waals surface area (Å²) in [6, 6.07) is 8.25. The lowest BCUT2D eigenvalue weighted by Gasteiger charge is -2.38. The summed E-state index contributed by atoms with van der Waals surface area (Å²) in [5.74, 6) is 0. The van der Waals surface area contributed by atoms with E-state index in [0.29, 0.717) is 0 Å². The van der Waals surface area contributed by atoms with Gasteiger partial charge in [-0.1, -0.05) is 36.6 Å². The van der Waals surface area contributed by atoms with Crippen LogP contribution in [0.5, 0.6) is 0 Å². The van der Waals surface area contributed by atoms with Crippen molar-refractivity contribution < 1.29 is 4.74 Å². The Labute approximate surface area is 145 Å². The summed E-state index contributed by atoms with van der Waals surface area (Å²) in [5.41, 5.74) is 1.14. The lowest BCUT2D eigenvalue weighted by Crippen LogP contribution is -2.43. The third-order valence-electron chi connectivity index (χ3n) is 5.27. The highest BCUT2D eigenvalue weighted by Gasteiger charge is 2.34. The predicted molar refractivity (Wildman–Crippen MR) is 96.1 cm³/mol. The molecule has 2 saturated heterocycles. The Hall–Kier alpha value is -0.610. The molecular weight excluding hydrogens is 308 g/mol. The fraction of sp³-hybridized carbons (Fsp3) is 0.684. The molecule has 3 nitrogen and oxygen atoms in total. The Bertz CT molecular complexity index is 463. The molecule has 0 atom stereocenters. The predicted octanol–water partition coefficient (Wildman–Crippen LogP) is 3.81. The molecule has 2 fully saturated rings. The molecule has 4 heteroatoms. The number of piperidine rings is 1. The van der Waals surface area contributed by atoms with E-state index in [1.54, 1.807) is 0 Å². The van der Waals surface area contributed by atoms with E-state index in [0.717, 1.165) is 44.1 Å². The van der Waals surface area contributed by atoms with E-state index in [2.05, 4.69) is 22.3 Å². The Morgan fingerprint density at radius 1 is 1.00 bits per heavy atom. The molecule has 128 valence electrons. The average Bonchev–Trinajstić information content (AvgIpc) is 2.85. The highest BCUT2D eigenvalue weighted by atomic mass is 35.5. The van der Waals surface area contributed by atoms with Crippen molar-refractivity contribution in [2.24, 2.45) is 0 Å². The van der Waals surface area contributed by atoms with Crippen LogP contribution in [0, 0.1) is 0 Å². The van der Waals surface area contributed by atoms with Crippen molar-refractivity contribution in [3.8, 4) is 0 Å². The number of halogens is 1.